The number of thiazole rings is 1. The highest BCUT2D eigenvalue weighted by atomic mass is 32.1. The lowest BCUT2D eigenvalue weighted by atomic mass is 9.87. The Morgan fingerprint density at radius 3 is 2.71 bits per heavy atom. The Morgan fingerprint density at radius 1 is 1.59 bits per heavy atom. The van der Waals surface area contributed by atoms with E-state index in [4.69, 9.17) is 5.11 Å². The fraction of sp³-hybridized carbons (Fsp3) is 0.545. The Hall–Kier alpha value is -1.43. The number of likely N-dealkylation sites (tertiary alicyclic amines) is 1. The first kappa shape index (κ1) is 12.0. The standard InChI is InChI=1S/C11H14N2O3S/c1-6(11(15)16)8-3-13(4-8)10(14)9-7(2)12-5-17-9/h5-6,8H,3-4H2,1-2H3,(H,15,16). The van der Waals surface area contributed by atoms with Crippen molar-refractivity contribution in [1.82, 2.24) is 9.88 Å². The predicted octanol–water partition coefficient (Wildman–Crippen LogP) is 1.24. The molecule has 92 valence electrons. The Balaban J connectivity index is 1.95. The summed E-state index contributed by atoms with van der Waals surface area (Å²) in [5.74, 6) is -1.14. The van der Waals surface area contributed by atoms with Crippen molar-refractivity contribution in [3.05, 3.63) is 16.1 Å². The van der Waals surface area contributed by atoms with Gasteiger partial charge in [0.05, 0.1) is 17.1 Å². The molecule has 0 aliphatic carbocycles. The number of amides is 1. The Labute approximate surface area is 103 Å². The van der Waals surface area contributed by atoms with Gasteiger partial charge in [-0.3, -0.25) is 9.59 Å². The van der Waals surface area contributed by atoms with Gasteiger partial charge in [0.25, 0.3) is 5.91 Å². The van der Waals surface area contributed by atoms with Gasteiger partial charge in [-0.05, 0) is 6.92 Å². The van der Waals surface area contributed by atoms with Gasteiger partial charge in [-0.15, -0.1) is 11.3 Å². The summed E-state index contributed by atoms with van der Waals surface area (Å²) < 4.78 is 0. The Morgan fingerprint density at radius 2 is 2.24 bits per heavy atom. The van der Waals surface area contributed by atoms with Crippen molar-refractivity contribution in [3.8, 4) is 0 Å². The van der Waals surface area contributed by atoms with Crippen LogP contribution in [0.25, 0.3) is 0 Å². The van der Waals surface area contributed by atoms with Gasteiger partial charge < -0.3 is 10.0 Å². The molecule has 0 radical (unpaired) electrons. The summed E-state index contributed by atoms with van der Waals surface area (Å²) in [6.07, 6.45) is 0. The topological polar surface area (TPSA) is 70.5 Å². The first-order valence-corrected chi connectivity index (χ1v) is 6.31. The highest BCUT2D eigenvalue weighted by Gasteiger charge is 2.38. The van der Waals surface area contributed by atoms with Crippen LogP contribution in [0.5, 0.6) is 0 Å². The average molecular weight is 254 g/mol. The van der Waals surface area contributed by atoms with Gasteiger partial charge in [0.2, 0.25) is 0 Å². The number of rotatable bonds is 3. The van der Waals surface area contributed by atoms with Crippen LogP contribution in [-0.2, 0) is 4.79 Å². The van der Waals surface area contributed by atoms with Crippen LogP contribution < -0.4 is 0 Å². The third-order valence-corrected chi connectivity index (χ3v) is 4.15. The number of aryl methyl sites for hydroxylation is 1. The quantitative estimate of drug-likeness (QED) is 0.881. The van der Waals surface area contributed by atoms with E-state index in [0.717, 1.165) is 5.69 Å². The molecule has 0 aromatic carbocycles. The van der Waals surface area contributed by atoms with Crippen molar-refractivity contribution in [1.29, 1.82) is 0 Å². The van der Waals surface area contributed by atoms with Gasteiger partial charge in [0.1, 0.15) is 4.88 Å². The smallest absolute Gasteiger partial charge is 0.306 e. The first-order chi connectivity index (χ1) is 8.00. The molecule has 1 amide bonds. The summed E-state index contributed by atoms with van der Waals surface area (Å²) >= 11 is 1.33. The van der Waals surface area contributed by atoms with Gasteiger partial charge in [0, 0.05) is 19.0 Å². The second kappa shape index (κ2) is 4.44. The molecule has 1 N–H and O–H groups in total. The lowest BCUT2D eigenvalue weighted by molar-refractivity contribution is -0.144. The number of aromatic nitrogens is 1. The lowest BCUT2D eigenvalue weighted by Gasteiger charge is -2.41. The zero-order valence-electron chi connectivity index (χ0n) is 9.71. The van der Waals surface area contributed by atoms with Crippen LogP contribution in [0.4, 0.5) is 0 Å². The van der Waals surface area contributed by atoms with Crippen LogP contribution in [0.2, 0.25) is 0 Å². The van der Waals surface area contributed by atoms with Crippen LogP contribution in [0, 0.1) is 18.8 Å². The van der Waals surface area contributed by atoms with Crippen LogP contribution in [-0.4, -0.2) is 40.0 Å². The number of hydrogen-bond acceptors (Lipinski definition) is 4. The molecule has 2 rings (SSSR count). The molecule has 1 aromatic heterocycles. The lowest BCUT2D eigenvalue weighted by Crippen LogP contribution is -2.53. The van der Waals surface area contributed by atoms with Crippen molar-refractivity contribution in [3.63, 3.8) is 0 Å². The third-order valence-electron chi connectivity index (χ3n) is 3.23. The van der Waals surface area contributed by atoms with Crippen LogP contribution in [0.15, 0.2) is 5.51 Å². The van der Waals surface area contributed by atoms with Crippen LogP contribution in [0.3, 0.4) is 0 Å². The second-order valence-corrected chi connectivity index (χ2v) is 5.22. The van der Waals surface area contributed by atoms with Gasteiger partial charge in [-0.25, -0.2) is 4.98 Å². The average Bonchev–Trinajstić information content (AvgIpc) is 2.61. The summed E-state index contributed by atoms with van der Waals surface area (Å²) in [5, 5.41) is 8.86. The summed E-state index contributed by atoms with van der Waals surface area (Å²) in [7, 11) is 0. The van der Waals surface area contributed by atoms with E-state index in [-0.39, 0.29) is 17.7 Å². The minimum Gasteiger partial charge on any atom is -0.481 e. The molecular formula is C11H14N2O3S. The maximum Gasteiger partial charge on any atom is 0.306 e. The van der Waals surface area contributed by atoms with Crippen molar-refractivity contribution in [2.75, 3.05) is 13.1 Å². The molecule has 0 spiro atoms. The van der Waals surface area contributed by atoms with E-state index in [1.54, 1.807) is 24.3 Å². The van der Waals surface area contributed by atoms with Gasteiger partial charge >= 0.3 is 5.97 Å². The molecule has 2 heterocycles. The first-order valence-electron chi connectivity index (χ1n) is 5.43. The minimum absolute atomic E-state index is 0.0289. The SMILES string of the molecule is Cc1ncsc1C(=O)N1CC(C(C)C(=O)O)C1. The fourth-order valence-electron chi connectivity index (χ4n) is 1.85. The molecule has 0 saturated carbocycles. The normalized spacial score (nSPS) is 17.6. The molecule has 17 heavy (non-hydrogen) atoms. The maximum atomic E-state index is 12.0. The Bertz CT molecular complexity index is 451. The summed E-state index contributed by atoms with van der Waals surface area (Å²) in [6, 6.07) is 0. The largest absolute Gasteiger partial charge is 0.481 e. The molecule has 1 aromatic rings. The number of hydrogen-bond donors (Lipinski definition) is 1. The van der Waals surface area contributed by atoms with E-state index >= 15 is 0 Å². The molecular weight excluding hydrogens is 240 g/mol. The summed E-state index contributed by atoms with van der Waals surface area (Å²) in [6.45, 7) is 4.56. The number of carbonyl (C=O) groups excluding carboxylic acids is 1. The molecule has 1 unspecified atom stereocenters. The number of carboxylic acids is 1. The number of aliphatic carboxylic acids is 1. The van der Waals surface area contributed by atoms with Gasteiger partial charge in [0.15, 0.2) is 0 Å². The maximum absolute atomic E-state index is 12.0. The zero-order valence-corrected chi connectivity index (χ0v) is 10.5. The molecule has 1 fully saturated rings. The summed E-state index contributed by atoms with van der Waals surface area (Å²) in [4.78, 5) is 29.2. The van der Waals surface area contributed by atoms with E-state index < -0.39 is 5.97 Å². The molecule has 1 saturated heterocycles. The predicted molar refractivity (Wildman–Crippen MR) is 63.0 cm³/mol. The molecule has 1 atom stereocenters. The monoisotopic (exact) mass is 254 g/mol. The highest BCUT2D eigenvalue weighted by molar-refractivity contribution is 7.11. The van der Waals surface area contributed by atoms with E-state index in [1.807, 2.05) is 0 Å². The van der Waals surface area contributed by atoms with E-state index in [1.165, 1.54) is 11.3 Å². The van der Waals surface area contributed by atoms with Gasteiger partial charge in [-0.1, -0.05) is 6.92 Å². The summed E-state index contributed by atoms with van der Waals surface area (Å²) in [5.41, 5.74) is 2.40. The molecule has 5 nitrogen and oxygen atoms in total. The van der Waals surface area contributed by atoms with Gasteiger partial charge in [-0.2, -0.15) is 0 Å². The van der Waals surface area contributed by atoms with Crippen LogP contribution in [0.1, 0.15) is 22.3 Å². The van der Waals surface area contributed by atoms with Crippen molar-refractivity contribution in [2.24, 2.45) is 11.8 Å². The molecule has 1 aliphatic rings. The highest BCUT2D eigenvalue weighted by Crippen LogP contribution is 2.27. The van der Waals surface area contributed by atoms with E-state index in [2.05, 4.69) is 4.98 Å². The molecule has 6 heteroatoms. The fourth-order valence-corrected chi connectivity index (χ4v) is 2.62. The Kier molecular flexibility index (Phi) is 3.15. The molecule has 1 aliphatic heterocycles. The van der Waals surface area contributed by atoms with Crippen molar-refractivity contribution >= 4 is 23.2 Å². The third kappa shape index (κ3) is 2.17. The number of carboxylic acid groups (broad SMARTS) is 1. The van der Waals surface area contributed by atoms with E-state index in [9.17, 15) is 9.59 Å². The zero-order chi connectivity index (χ0) is 12.6. The number of carbonyl (C=O) groups is 2. The second-order valence-electron chi connectivity index (χ2n) is 4.36. The minimum atomic E-state index is -0.795. The van der Waals surface area contributed by atoms with Crippen LogP contribution >= 0.6 is 11.3 Å². The number of nitrogens with zero attached hydrogens (tertiary/aromatic N) is 2. The van der Waals surface area contributed by atoms with Crippen molar-refractivity contribution in [2.45, 2.75) is 13.8 Å². The molecule has 0 bridgehead atoms. The van der Waals surface area contributed by atoms with E-state index in [0.29, 0.717) is 18.0 Å². The van der Waals surface area contributed by atoms with Crippen molar-refractivity contribution < 1.29 is 14.7 Å².